The van der Waals surface area contributed by atoms with Gasteiger partial charge in [-0.25, -0.2) is 4.39 Å². The summed E-state index contributed by atoms with van der Waals surface area (Å²) in [5.74, 6) is 2.14. The van der Waals surface area contributed by atoms with Crippen molar-refractivity contribution in [3.05, 3.63) is 48.1 Å². The first-order valence-corrected chi connectivity index (χ1v) is 10.3. The van der Waals surface area contributed by atoms with Crippen molar-refractivity contribution < 1.29 is 13.9 Å². The first-order chi connectivity index (χ1) is 13.5. The third-order valence-corrected chi connectivity index (χ3v) is 6.16. The van der Waals surface area contributed by atoms with E-state index in [0.717, 1.165) is 56.8 Å². The van der Waals surface area contributed by atoms with Gasteiger partial charge >= 0.3 is 0 Å². The number of rotatable bonds is 8. The molecule has 28 heavy (non-hydrogen) atoms. The Morgan fingerprint density at radius 2 is 1.89 bits per heavy atom. The summed E-state index contributed by atoms with van der Waals surface area (Å²) >= 11 is 0. The minimum absolute atomic E-state index is 0.515. The first kappa shape index (κ1) is 20.9. The molecule has 1 aromatic carbocycles. The molecule has 0 saturated carbocycles. The fourth-order valence-electron chi connectivity index (χ4n) is 4.17. The zero-order valence-electron chi connectivity index (χ0n) is 17.1. The van der Waals surface area contributed by atoms with Gasteiger partial charge in [0.25, 0.3) is 0 Å². The molecular weight excluding hydrogens is 355 g/mol. The average molecular weight is 389 g/mol. The Morgan fingerprint density at radius 1 is 1.14 bits per heavy atom. The van der Waals surface area contributed by atoms with Crippen molar-refractivity contribution in [3.63, 3.8) is 0 Å². The smallest absolute Gasteiger partial charge is 0.160 e. The van der Waals surface area contributed by atoms with E-state index in [2.05, 4.69) is 17.0 Å². The van der Waals surface area contributed by atoms with Crippen molar-refractivity contribution in [2.45, 2.75) is 43.8 Å². The Morgan fingerprint density at radius 3 is 2.57 bits per heavy atom. The second-order valence-electron chi connectivity index (χ2n) is 7.96. The van der Waals surface area contributed by atoms with Crippen molar-refractivity contribution in [1.82, 2.24) is 4.90 Å². The lowest BCUT2D eigenvalue weighted by Gasteiger charge is -2.34. The summed E-state index contributed by atoms with van der Waals surface area (Å²) in [6.45, 7) is 3.20. The second-order valence-corrected chi connectivity index (χ2v) is 7.96. The van der Waals surface area contributed by atoms with Crippen LogP contribution in [-0.4, -0.2) is 50.5 Å². The number of alkyl halides is 1. The number of allylic oxidation sites excluding steroid dienone is 2. The van der Waals surface area contributed by atoms with Gasteiger partial charge in [-0.1, -0.05) is 24.3 Å². The van der Waals surface area contributed by atoms with E-state index in [1.807, 2.05) is 12.1 Å². The molecule has 0 radical (unpaired) electrons. The van der Waals surface area contributed by atoms with E-state index < -0.39 is 11.7 Å². The quantitative estimate of drug-likeness (QED) is 0.734. The van der Waals surface area contributed by atoms with Crippen molar-refractivity contribution in [3.8, 4) is 11.5 Å². The topological polar surface area (TPSA) is 47.7 Å². The van der Waals surface area contributed by atoms with Crippen LogP contribution < -0.4 is 15.2 Å². The van der Waals surface area contributed by atoms with Gasteiger partial charge in [-0.3, -0.25) is 0 Å². The van der Waals surface area contributed by atoms with Crippen LogP contribution in [0.4, 0.5) is 4.39 Å². The molecule has 1 aliphatic heterocycles. The highest BCUT2D eigenvalue weighted by Gasteiger charge is 2.34. The van der Waals surface area contributed by atoms with E-state index >= 15 is 0 Å². The summed E-state index contributed by atoms with van der Waals surface area (Å²) in [6, 6.07) is 5.61. The van der Waals surface area contributed by atoms with Crippen molar-refractivity contribution in [2.24, 2.45) is 11.7 Å². The van der Waals surface area contributed by atoms with Gasteiger partial charge in [0.05, 0.1) is 20.3 Å². The molecule has 1 aliphatic carbocycles. The molecule has 2 N–H and O–H groups in total. The molecule has 1 saturated heterocycles. The lowest BCUT2D eigenvalue weighted by molar-refractivity contribution is 0.142. The predicted octanol–water partition coefficient (Wildman–Crippen LogP) is 3.90. The number of nitrogens with two attached hydrogens (primary N) is 1. The SMILES string of the molecule is COc1ccc(CCN2CCC(CCC3(F)C=CC=CC3N)CC2)cc1OC. The van der Waals surface area contributed by atoms with Gasteiger partial charge in [0.15, 0.2) is 11.5 Å². The van der Waals surface area contributed by atoms with E-state index in [0.29, 0.717) is 12.3 Å². The number of nitrogens with zero attached hydrogens (tertiary/aromatic N) is 1. The van der Waals surface area contributed by atoms with Gasteiger partial charge in [0, 0.05) is 6.54 Å². The van der Waals surface area contributed by atoms with Crippen LogP contribution in [0.2, 0.25) is 0 Å². The number of ether oxygens (including phenoxy) is 2. The highest BCUT2D eigenvalue weighted by Crippen LogP contribution is 2.32. The van der Waals surface area contributed by atoms with Crippen LogP contribution in [0.15, 0.2) is 42.5 Å². The normalized spacial score (nSPS) is 25.8. The van der Waals surface area contributed by atoms with Crippen LogP contribution >= 0.6 is 0 Å². The molecule has 3 rings (SSSR count). The summed E-state index contributed by atoms with van der Waals surface area (Å²) < 4.78 is 25.6. The van der Waals surface area contributed by atoms with E-state index in [1.54, 1.807) is 32.4 Å². The van der Waals surface area contributed by atoms with Crippen molar-refractivity contribution >= 4 is 0 Å². The van der Waals surface area contributed by atoms with E-state index in [1.165, 1.54) is 5.56 Å². The Balaban J connectivity index is 1.41. The summed E-state index contributed by atoms with van der Waals surface area (Å²) in [5.41, 5.74) is 5.83. The van der Waals surface area contributed by atoms with Crippen LogP contribution in [0.25, 0.3) is 0 Å². The van der Waals surface area contributed by atoms with Crippen LogP contribution in [-0.2, 0) is 6.42 Å². The number of piperidine rings is 1. The third kappa shape index (κ3) is 5.15. The summed E-state index contributed by atoms with van der Waals surface area (Å²) in [7, 11) is 3.32. The minimum atomic E-state index is -1.38. The van der Waals surface area contributed by atoms with Gasteiger partial charge in [0.1, 0.15) is 5.67 Å². The number of halogens is 1. The molecule has 1 heterocycles. The monoisotopic (exact) mass is 388 g/mol. The number of likely N-dealkylation sites (tertiary alicyclic amines) is 1. The summed E-state index contributed by atoms with van der Waals surface area (Å²) in [4.78, 5) is 2.51. The largest absolute Gasteiger partial charge is 0.493 e. The molecule has 2 unspecified atom stereocenters. The third-order valence-electron chi connectivity index (χ3n) is 6.16. The molecule has 0 spiro atoms. The standard InChI is InChI=1S/C23H33FN2O2/c1-27-20-7-6-19(17-21(20)28-2)11-16-26-14-9-18(10-15-26)8-13-23(24)12-4-3-5-22(23)25/h3-7,12,17-18,22H,8-11,13-16,25H2,1-2H3. The molecule has 1 fully saturated rings. The van der Waals surface area contributed by atoms with Crippen molar-refractivity contribution in [2.75, 3.05) is 33.9 Å². The van der Waals surface area contributed by atoms with Crippen LogP contribution in [0.1, 0.15) is 31.2 Å². The highest BCUT2D eigenvalue weighted by molar-refractivity contribution is 5.42. The van der Waals surface area contributed by atoms with Crippen LogP contribution in [0.5, 0.6) is 11.5 Å². The fraction of sp³-hybridized carbons (Fsp3) is 0.565. The zero-order valence-corrected chi connectivity index (χ0v) is 17.1. The maximum Gasteiger partial charge on any atom is 0.160 e. The number of hydrogen-bond donors (Lipinski definition) is 1. The Kier molecular flexibility index (Phi) is 7.13. The zero-order chi connectivity index (χ0) is 20.0. The maximum atomic E-state index is 14.9. The molecule has 0 bridgehead atoms. The van der Waals surface area contributed by atoms with Gasteiger partial charge in [-0.2, -0.15) is 0 Å². The molecule has 154 valence electrons. The average Bonchev–Trinajstić information content (AvgIpc) is 2.73. The number of hydrogen-bond acceptors (Lipinski definition) is 4. The molecule has 0 amide bonds. The first-order valence-electron chi connectivity index (χ1n) is 10.3. The maximum absolute atomic E-state index is 14.9. The van der Waals surface area contributed by atoms with Crippen LogP contribution in [0.3, 0.4) is 0 Å². The highest BCUT2D eigenvalue weighted by atomic mass is 19.1. The lowest BCUT2D eigenvalue weighted by atomic mass is 9.83. The molecule has 5 heteroatoms. The Labute approximate surface area is 168 Å². The molecule has 2 atom stereocenters. The molecule has 1 aromatic rings. The Hall–Kier alpha value is -1.85. The second kappa shape index (κ2) is 9.57. The minimum Gasteiger partial charge on any atom is -0.493 e. The van der Waals surface area contributed by atoms with Gasteiger partial charge < -0.3 is 20.1 Å². The molecular formula is C23H33FN2O2. The summed E-state index contributed by atoms with van der Waals surface area (Å²) in [6.07, 6.45) is 11.7. The van der Waals surface area contributed by atoms with Gasteiger partial charge in [-0.05, 0) is 74.9 Å². The van der Waals surface area contributed by atoms with Crippen LogP contribution in [0, 0.1) is 5.92 Å². The number of benzene rings is 1. The van der Waals surface area contributed by atoms with Gasteiger partial charge in [0.2, 0.25) is 0 Å². The van der Waals surface area contributed by atoms with E-state index in [4.69, 9.17) is 15.2 Å². The van der Waals surface area contributed by atoms with E-state index in [9.17, 15) is 4.39 Å². The Bertz CT molecular complexity index is 698. The molecule has 2 aliphatic rings. The van der Waals surface area contributed by atoms with Gasteiger partial charge in [-0.15, -0.1) is 0 Å². The summed E-state index contributed by atoms with van der Waals surface area (Å²) in [5, 5.41) is 0. The molecule has 4 nitrogen and oxygen atoms in total. The lowest BCUT2D eigenvalue weighted by Crippen LogP contribution is -2.43. The van der Waals surface area contributed by atoms with E-state index in [-0.39, 0.29) is 0 Å². The number of methoxy groups -OCH3 is 2. The fourth-order valence-corrected chi connectivity index (χ4v) is 4.17. The molecule has 0 aromatic heterocycles. The predicted molar refractivity (Wildman–Crippen MR) is 112 cm³/mol. The van der Waals surface area contributed by atoms with Crippen molar-refractivity contribution in [1.29, 1.82) is 0 Å².